The van der Waals surface area contributed by atoms with Crippen LogP contribution in [0.25, 0.3) is 0 Å². The fraction of sp³-hybridized carbons (Fsp3) is 0.409. The predicted octanol–water partition coefficient (Wildman–Crippen LogP) is 3.34. The van der Waals surface area contributed by atoms with Crippen LogP contribution >= 0.6 is 0 Å². The van der Waals surface area contributed by atoms with Crippen molar-refractivity contribution in [1.29, 1.82) is 0 Å². The number of hydrogen-bond acceptors (Lipinski definition) is 4. The molecule has 2 aromatic carbocycles. The Morgan fingerprint density at radius 3 is 2.00 bits per heavy atom. The molecule has 0 bridgehead atoms. The number of likely N-dealkylation sites (tertiary alicyclic amines) is 1. The van der Waals surface area contributed by atoms with E-state index in [9.17, 15) is 9.90 Å². The molecule has 0 aromatic heterocycles. The fourth-order valence-electron chi connectivity index (χ4n) is 3.56. The van der Waals surface area contributed by atoms with Crippen LogP contribution in [0.4, 0.5) is 0 Å². The molecule has 1 N–H and O–H groups in total. The molecular weight excluding hydrogens is 325 g/mol. The van der Waals surface area contributed by atoms with E-state index < -0.39 is 11.6 Å². The molecule has 1 saturated heterocycles. The molecule has 3 rings (SSSR count). The summed E-state index contributed by atoms with van der Waals surface area (Å²) in [4.78, 5) is 15.4. The van der Waals surface area contributed by atoms with Gasteiger partial charge >= 0.3 is 5.97 Å². The highest BCUT2D eigenvalue weighted by Gasteiger charge is 2.42. The van der Waals surface area contributed by atoms with Crippen LogP contribution in [-0.2, 0) is 15.1 Å². The van der Waals surface area contributed by atoms with E-state index in [-0.39, 0.29) is 6.10 Å². The van der Waals surface area contributed by atoms with Crippen molar-refractivity contribution in [3.63, 3.8) is 0 Å². The van der Waals surface area contributed by atoms with Crippen LogP contribution in [0.3, 0.4) is 0 Å². The topological polar surface area (TPSA) is 49.8 Å². The molecule has 0 radical (unpaired) electrons. The number of nitrogens with zero attached hydrogens (tertiary/aromatic N) is 1. The Morgan fingerprint density at radius 2 is 1.54 bits per heavy atom. The zero-order chi connectivity index (χ0) is 18.4. The molecule has 0 amide bonds. The van der Waals surface area contributed by atoms with Crippen LogP contribution in [0.15, 0.2) is 60.7 Å². The zero-order valence-corrected chi connectivity index (χ0v) is 15.3. The van der Waals surface area contributed by atoms with Crippen molar-refractivity contribution in [1.82, 2.24) is 4.90 Å². The Kier molecular flexibility index (Phi) is 6.07. The zero-order valence-electron chi connectivity index (χ0n) is 15.3. The Labute approximate surface area is 155 Å². The van der Waals surface area contributed by atoms with Crippen LogP contribution < -0.4 is 0 Å². The second kappa shape index (κ2) is 8.47. The van der Waals surface area contributed by atoms with Crippen LogP contribution in [0, 0.1) is 0 Å². The van der Waals surface area contributed by atoms with Crippen LogP contribution in [0.1, 0.15) is 37.3 Å². The highest BCUT2D eigenvalue weighted by Crippen LogP contribution is 2.32. The maximum Gasteiger partial charge on any atom is 0.347 e. The smallest absolute Gasteiger partial charge is 0.347 e. The van der Waals surface area contributed by atoms with Crippen LogP contribution in [0.5, 0.6) is 0 Å². The second-order valence-electron chi connectivity index (χ2n) is 6.89. The van der Waals surface area contributed by atoms with Crippen LogP contribution in [0.2, 0.25) is 0 Å². The van der Waals surface area contributed by atoms with Gasteiger partial charge in [0.25, 0.3) is 0 Å². The molecule has 0 atom stereocenters. The molecule has 4 nitrogen and oxygen atoms in total. The van der Waals surface area contributed by atoms with Gasteiger partial charge in [-0.2, -0.15) is 0 Å². The van der Waals surface area contributed by atoms with Gasteiger partial charge in [0.15, 0.2) is 0 Å². The van der Waals surface area contributed by atoms with Crippen molar-refractivity contribution in [2.24, 2.45) is 0 Å². The van der Waals surface area contributed by atoms with E-state index in [1.165, 1.54) is 0 Å². The largest absolute Gasteiger partial charge is 0.460 e. The fourth-order valence-corrected chi connectivity index (χ4v) is 3.56. The summed E-state index contributed by atoms with van der Waals surface area (Å²) in [7, 11) is 0. The van der Waals surface area contributed by atoms with E-state index in [1.54, 1.807) is 24.3 Å². The average Bonchev–Trinajstić information content (AvgIpc) is 2.70. The van der Waals surface area contributed by atoms with E-state index in [1.807, 2.05) is 36.4 Å². The monoisotopic (exact) mass is 352 g/mol. The Hall–Kier alpha value is -2.17. The number of benzene rings is 2. The number of ether oxygens (including phenoxy) is 1. The normalized spacial score (nSPS) is 16.4. The van der Waals surface area contributed by atoms with E-state index in [0.717, 1.165) is 38.9 Å². The summed E-state index contributed by atoms with van der Waals surface area (Å²) in [5.74, 6) is -0.594. The molecular formula is C22H27NO3. The summed E-state index contributed by atoms with van der Waals surface area (Å²) in [5, 5.41) is 11.4. The molecule has 0 aliphatic carbocycles. The van der Waals surface area contributed by atoms with Gasteiger partial charge in [0.2, 0.25) is 5.60 Å². The standard InChI is InChI=1S/C22H27NO3/c1-2-15-23-16-13-20(14-17-23)26-21(24)22(25,18-9-5-3-6-10-18)19-11-7-4-8-12-19/h3-12,20,25H,2,13-17H2,1H3/i1-1. The third kappa shape index (κ3) is 3.97. The van der Waals surface area contributed by atoms with Gasteiger partial charge in [0.1, 0.15) is 6.10 Å². The van der Waals surface area contributed by atoms with Crippen molar-refractivity contribution in [2.75, 3.05) is 19.6 Å². The van der Waals surface area contributed by atoms with Crippen molar-refractivity contribution in [3.05, 3.63) is 71.8 Å². The lowest BCUT2D eigenvalue weighted by Crippen LogP contribution is -2.43. The quantitative estimate of drug-likeness (QED) is 0.810. The molecule has 1 aliphatic rings. The van der Waals surface area contributed by atoms with Gasteiger partial charge < -0.3 is 14.7 Å². The third-order valence-corrected chi connectivity index (χ3v) is 5.03. The minimum Gasteiger partial charge on any atom is -0.460 e. The average molecular weight is 352 g/mol. The van der Waals surface area contributed by atoms with Crippen molar-refractivity contribution < 1.29 is 14.6 Å². The lowest BCUT2D eigenvalue weighted by molar-refractivity contribution is -0.170. The summed E-state index contributed by atoms with van der Waals surface area (Å²) in [6, 6.07) is 18.1. The number of rotatable bonds is 6. The lowest BCUT2D eigenvalue weighted by atomic mass is 9.86. The van der Waals surface area contributed by atoms with Crippen molar-refractivity contribution >= 4 is 5.97 Å². The maximum absolute atomic E-state index is 13.1. The number of hydrogen-bond donors (Lipinski definition) is 1. The molecule has 0 saturated carbocycles. The summed E-state index contributed by atoms with van der Waals surface area (Å²) in [6.07, 6.45) is 2.61. The highest BCUT2D eigenvalue weighted by molar-refractivity contribution is 5.85. The summed E-state index contributed by atoms with van der Waals surface area (Å²) in [6.45, 7) is 5.12. The van der Waals surface area contributed by atoms with Gasteiger partial charge in [0.05, 0.1) is 0 Å². The van der Waals surface area contributed by atoms with E-state index >= 15 is 0 Å². The lowest BCUT2D eigenvalue weighted by Gasteiger charge is -2.34. The van der Waals surface area contributed by atoms with Gasteiger partial charge in [-0.25, -0.2) is 4.79 Å². The predicted molar refractivity (Wildman–Crippen MR) is 102 cm³/mol. The first-order chi connectivity index (χ1) is 12.6. The summed E-state index contributed by atoms with van der Waals surface area (Å²) < 4.78 is 5.78. The minimum atomic E-state index is -1.79. The van der Waals surface area contributed by atoms with Gasteiger partial charge in [-0.3, -0.25) is 0 Å². The molecule has 1 fully saturated rings. The Bertz CT molecular complexity index is 654. The van der Waals surface area contributed by atoms with Crippen molar-refractivity contribution in [3.8, 4) is 0 Å². The van der Waals surface area contributed by atoms with Gasteiger partial charge in [-0.15, -0.1) is 0 Å². The Morgan fingerprint density at radius 1 is 1.04 bits per heavy atom. The van der Waals surface area contributed by atoms with E-state index in [4.69, 9.17) is 4.74 Å². The first-order valence-electron chi connectivity index (χ1n) is 9.41. The first-order valence-corrected chi connectivity index (χ1v) is 9.41. The molecule has 26 heavy (non-hydrogen) atoms. The maximum atomic E-state index is 13.1. The van der Waals surface area contributed by atoms with Gasteiger partial charge in [-0.1, -0.05) is 67.6 Å². The summed E-state index contributed by atoms with van der Waals surface area (Å²) in [5.41, 5.74) is -0.734. The molecule has 0 spiro atoms. The number of piperidine rings is 1. The molecule has 138 valence electrons. The van der Waals surface area contributed by atoms with Gasteiger partial charge in [-0.05, 0) is 36.9 Å². The van der Waals surface area contributed by atoms with E-state index in [2.05, 4.69) is 11.8 Å². The number of carbonyl (C=O) groups is 1. The number of carbonyl (C=O) groups excluding carboxylic acids is 1. The SMILES string of the molecule is [11CH3]CCN1CCC(OC(=O)C(O)(c2ccccc2)c2ccccc2)CC1. The summed E-state index contributed by atoms with van der Waals surface area (Å²) >= 11 is 0. The molecule has 0 unspecified atom stereocenters. The molecule has 1 aliphatic heterocycles. The first kappa shape index (κ1) is 18.6. The van der Waals surface area contributed by atoms with Gasteiger partial charge in [0, 0.05) is 13.1 Å². The number of esters is 1. The third-order valence-electron chi connectivity index (χ3n) is 5.03. The highest BCUT2D eigenvalue weighted by atomic mass is 16.6. The Balaban J connectivity index is 1.79. The molecule has 4 heteroatoms. The molecule has 2 aromatic rings. The minimum absolute atomic E-state index is 0.144. The van der Waals surface area contributed by atoms with Crippen LogP contribution in [-0.4, -0.2) is 41.7 Å². The second-order valence-corrected chi connectivity index (χ2v) is 6.89. The van der Waals surface area contributed by atoms with Crippen molar-refractivity contribution in [2.45, 2.75) is 37.9 Å². The van der Waals surface area contributed by atoms with E-state index in [0.29, 0.717) is 11.1 Å². The number of aliphatic hydroxyl groups is 1. The molecule has 1 heterocycles.